The predicted molar refractivity (Wildman–Crippen MR) is 82.1 cm³/mol. The van der Waals surface area contributed by atoms with Crippen molar-refractivity contribution in [3.63, 3.8) is 0 Å². The first-order valence-electron chi connectivity index (χ1n) is 6.09. The normalized spacial score (nSPS) is 8.96. The molecule has 4 N–H and O–H groups in total. The average molecular weight is 407 g/mol. The molecular formula is C14H10GeN2O8. The van der Waals surface area contributed by atoms with Gasteiger partial charge in [-0.2, -0.15) is 0 Å². The Bertz CT molecular complexity index is 683. The van der Waals surface area contributed by atoms with E-state index in [1.807, 2.05) is 0 Å². The van der Waals surface area contributed by atoms with E-state index in [4.69, 9.17) is 20.4 Å². The summed E-state index contributed by atoms with van der Waals surface area (Å²) in [7, 11) is 0. The molecule has 4 radical (unpaired) electrons. The molecule has 10 nitrogen and oxygen atoms in total. The SMILES string of the molecule is O=C(O)c1cccc(C(=O)O)n1.O=C(O)c1cccc(C(=O)O)n1.[Ge]. The van der Waals surface area contributed by atoms with Crippen molar-refractivity contribution in [3.05, 3.63) is 59.2 Å². The molecule has 0 bridgehead atoms. The zero-order valence-electron chi connectivity index (χ0n) is 12.3. The van der Waals surface area contributed by atoms with Gasteiger partial charge in [-0.25, -0.2) is 29.1 Å². The van der Waals surface area contributed by atoms with Gasteiger partial charge in [0.1, 0.15) is 22.8 Å². The molecule has 2 aromatic heterocycles. The molecule has 0 aromatic carbocycles. The average Bonchev–Trinajstić information content (AvgIpc) is 2.55. The molecule has 2 rings (SSSR count). The molecule has 0 saturated heterocycles. The molecule has 0 aliphatic rings. The van der Waals surface area contributed by atoms with E-state index in [0.717, 1.165) is 0 Å². The topological polar surface area (TPSA) is 175 Å². The van der Waals surface area contributed by atoms with Gasteiger partial charge < -0.3 is 20.4 Å². The van der Waals surface area contributed by atoms with Crippen LogP contribution >= 0.6 is 0 Å². The third kappa shape index (κ3) is 6.78. The van der Waals surface area contributed by atoms with E-state index in [1.54, 1.807) is 0 Å². The van der Waals surface area contributed by atoms with E-state index < -0.39 is 23.9 Å². The molecule has 0 unspecified atom stereocenters. The van der Waals surface area contributed by atoms with Gasteiger partial charge >= 0.3 is 23.9 Å². The molecule has 0 spiro atoms. The fourth-order valence-electron chi connectivity index (χ4n) is 1.35. The third-order valence-corrected chi connectivity index (χ3v) is 2.37. The monoisotopic (exact) mass is 408 g/mol. The zero-order chi connectivity index (χ0) is 18.3. The number of hydrogen-bond donors (Lipinski definition) is 4. The fourth-order valence-corrected chi connectivity index (χ4v) is 1.35. The molecule has 2 heterocycles. The molecule has 25 heavy (non-hydrogen) atoms. The number of carbonyl (C=O) groups is 4. The minimum absolute atomic E-state index is 0. The molecule has 0 aliphatic carbocycles. The quantitative estimate of drug-likeness (QED) is 0.525. The smallest absolute Gasteiger partial charge is 0.354 e. The molecule has 0 atom stereocenters. The first kappa shape index (κ1) is 21.7. The summed E-state index contributed by atoms with van der Waals surface area (Å²) in [5.41, 5.74) is -1.07. The minimum Gasteiger partial charge on any atom is -0.477 e. The van der Waals surface area contributed by atoms with Crippen LogP contribution in [0.3, 0.4) is 0 Å². The van der Waals surface area contributed by atoms with Gasteiger partial charge in [0.15, 0.2) is 0 Å². The molecule has 0 amide bonds. The summed E-state index contributed by atoms with van der Waals surface area (Å²) in [5, 5.41) is 33.7. The predicted octanol–water partition coefficient (Wildman–Crippen LogP) is 0.575. The van der Waals surface area contributed by atoms with Gasteiger partial charge in [-0.15, -0.1) is 0 Å². The molecule has 0 aliphatic heterocycles. The first-order valence-corrected chi connectivity index (χ1v) is 6.09. The minimum atomic E-state index is -1.24. The van der Waals surface area contributed by atoms with Gasteiger partial charge in [0.2, 0.25) is 0 Å². The van der Waals surface area contributed by atoms with Crippen molar-refractivity contribution in [2.75, 3.05) is 0 Å². The fraction of sp³-hybridized carbons (Fsp3) is 0. The van der Waals surface area contributed by atoms with Crippen LogP contribution in [0.4, 0.5) is 0 Å². The molecular weight excluding hydrogens is 397 g/mol. The van der Waals surface area contributed by atoms with Gasteiger partial charge in [0.05, 0.1) is 0 Å². The number of hydrogen-bond acceptors (Lipinski definition) is 6. The molecule has 128 valence electrons. The van der Waals surface area contributed by atoms with E-state index in [1.165, 1.54) is 36.4 Å². The molecule has 2 aromatic rings. The Hall–Kier alpha value is -3.28. The standard InChI is InChI=1S/2C7H5NO4.Ge/c2*9-6(10)4-2-1-3-5(8-4)7(11)12;/h2*1-3H,(H,9,10)(H,11,12);. The van der Waals surface area contributed by atoms with Crippen LogP contribution < -0.4 is 0 Å². The van der Waals surface area contributed by atoms with Gasteiger partial charge in [0.25, 0.3) is 0 Å². The Morgan fingerprint density at radius 1 is 0.560 bits per heavy atom. The number of aromatic nitrogens is 2. The second kappa shape index (κ2) is 9.77. The van der Waals surface area contributed by atoms with Gasteiger partial charge in [-0.3, -0.25) is 0 Å². The van der Waals surface area contributed by atoms with Crippen molar-refractivity contribution < 1.29 is 39.6 Å². The Balaban J connectivity index is 0.000000443. The maximum absolute atomic E-state index is 10.3. The van der Waals surface area contributed by atoms with Crippen molar-refractivity contribution in [2.45, 2.75) is 0 Å². The van der Waals surface area contributed by atoms with Crippen LogP contribution in [0.1, 0.15) is 42.0 Å². The van der Waals surface area contributed by atoms with Crippen molar-refractivity contribution in [1.29, 1.82) is 0 Å². The van der Waals surface area contributed by atoms with Crippen LogP contribution in [0.2, 0.25) is 0 Å². The summed E-state index contributed by atoms with van der Waals surface area (Å²) < 4.78 is 0. The molecule has 0 fully saturated rings. The summed E-state index contributed by atoms with van der Waals surface area (Å²) >= 11 is 0. The zero-order valence-corrected chi connectivity index (χ0v) is 14.4. The maximum Gasteiger partial charge on any atom is 0.354 e. The number of carboxylic acids is 4. The van der Waals surface area contributed by atoms with Crippen LogP contribution in [-0.4, -0.2) is 71.9 Å². The Labute approximate surface area is 150 Å². The number of carboxylic acid groups (broad SMARTS) is 4. The third-order valence-electron chi connectivity index (χ3n) is 2.37. The summed E-state index contributed by atoms with van der Waals surface area (Å²) in [6, 6.07) is 7.59. The second-order valence-electron chi connectivity index (χ2n) is 4.04. The van der Waals surface area contributed by atoms with E-state index in [-0.39, 0.29) is 40.4 Å². The maximum atomic E-state index is 10.3. The molecule has 11 heteroatoms. The summed E-state index contributed by atoms with van der Waals surface area (Å²) in [4.78, 5) is 48.0. The first-order chi connectivity index (χ1) is 11.2. The Kier molecular flexibility index (Phi) is 8.49. The van der Waals surface area contributed by atoms with Crippen molar-refractivity contribution in [2.24, 2.45) is 0 Å². The van der Waals surface area contributed by atoms with Crippen LogP contribution in [-0.2, 0) is 0 Å². The number of aromatic carboxylic acids is 4. The van der Waals surface area contributed by atoms with Crippen molar-refractivity contribution in [1.82, 2.24) is 9.97 Å². The Morgan fingerprint density at radius 2 is 0.760 bits per heavy atom. The number of nitrogens with zero attached hydrogens (tertiary/aromatic N) is 2. The van der Waals surface area contributed by atoms with Crippen molar-refractivity contribution in [3.8, 4) is 0 Å². The van der Waals surface area contributed by atoms with Crippen molar-refractivity contribution >= 4 is 41.5 Å². The second-order valence-corrected chi connectivity index (χ2v) is 4.04. The van der Waals surface area contributed by atoms with Gasteiger partial charge in [0, 0.05) is 17.6 Å². The van der Waals surface area contributed by atoms with Crippen LogP contribution in [0, 0.1) is 0 Å². The van der Waals surface area contributed by atoms with Gasteiger partial charge in [-0.05, 0) is 24.3 Å². The Morgan fingerprint density at radius 3 is 0.920 bits per heavy atom. The van der Waals surface area contributed by atoms with E-state index in [9.17, 15) is 19.2 Å². The summed E-state index contributed by atoms with van der Waals surface area (Å²) in [5.74, 6) is -4.95. The van der Waals surface area contributed by atoms with E-state index in [2.05, 4.69) is 9.97 Å². The van der Waals surface area contributed by atoms with Crippen LogP contribution in [0.15, 0.2) is 36.4 Å². The summed E-state index contributed by atoms with van der Waals surface area (Å²) in [6.07, 6.45) is 0. The number of rotatable bonds is 4. The molecule has 0 saturated carbocycles. The summed E-state index contributed by atoms with van der Waals surface area (Å²) in [6.45, 7) is 0. The van der Waals surface area contributed by atoms with Crippen LogP contribution in [0.25, 0.3) is 0 Å². The van der Waals surface area contributed by atoms with Crippen LogP contribution in [0.5, 0.6) is 0 Å². The number of pyridine rings is 2. The van der Waals surface area contributed by atoms with E-state index in [0.29, 0.717) is 0 Å². The largest absolute Gasteiger partial charge is 0.477 e. The van der Waals surface area contributed by atoms with E-state index >= 15 is 0 Å². The van der Waals surface area contributed by atoms with Gasteiger partial charge in [-0.1, -0.05) is 12.1 Å².